The van der Waals surface area contributed by atoms with E-state index in [0.717, 1.165) is 11.3 Å². The first-order chi connectivity index (χ1) is 10.9. The average Bonchev–Trinajstić information content (AvgIpc) is 3.07. The molecule has 22 heavy (non-hydrogen) atoms. The van der Waals surface area contributed by atoms with Crippen molar-refractivity contribution in [1.29, 1.82) is 0 Å². The SMILES string of the molecule is c1cnc(OCCOc2ccccc2Cn2cccn2)nc1. The molecule has 0 aliphatic rings. The monoisotopic (exact) mass is 296 g/mol. The summed E-state index contributed by atoms with van der Waals surface area (Å²) < 4.78 is 13.1. The largest absolute Gasteiger partial charge is 0.490 e. The lowest BCUT2D eigenvalue weighted by Gasteiger charge is -2.11. The van der Waals surface area contributed by atoms with Gasteiger partial charge in [-0.3, -0.25) is 4.68 Å². The summed E-state index contributed by atoms with van der Waals surface area (Å²) in [6.45, 7) is 1.49. The van der Waals surface area contributed by atoms with E-state index in [0.29, 0.717) is 25.8 Å². The van der Waals surface area contributed by atoms with Gasteiger partial charge in [0, 0.05) is 30.4 Å². The fourth-order valence-corrected chi connectivity index (χ4v) is 1.99. The van der Waals surface area contributed by atoms with Crippen LogP contribution in [0, 0.1) is 0 Å². The van der Waals surface area contributed by atoms with Gasteiger partial charge in [0.25, 0.3) is 0 Å². The smallest absolute Gasteiger partial charge is 0.316 e. The Morgan fingerprint density at radius 3 is 2.50 bits per heavy atom. The quantitative estimate of drug-likeness (QED) is 0.625. The summed E-state index contributed by atoms with van der Waals surface area (Å²) in [4.78, 5) is 7.98. The summed E-state index contributed by atoms with van der Waals surface area (Å²) in [5.41, 5.74) is 1.07. The number of nitrogens with zero attached hydrogens (tertiary/aromatic N) is 4. The van der Waals surface area contributed by atoms with Gasteiger partial charge < -0.3 is 9.47 Å². The minimum Gasteiger partial charge on any atom is -0.490 e. The molecule has 6 nitrogen and oxygen atoms in total. The Balaban J connectivity index is 1.54. The summed E-state index contributed by atoms with van der Waals surface area (Å²) in [6, 6.07) is 11.9. The van der Waals surface area contributed by atoms with Crippen LogP contribution in [0.2, 0.25) is 0 Å². The van der Waals surface area contributed by atoms with Gasteiger partial charge in [-0.25, -0.2) is 9.97 Å². The molecule has 0 fully saturated rings. The van der Waals surface area contributed by atoms with E-state index in [4.69, 9.17) is 9.47 Å². The Morgan fingerprint density at radius 2 is 1.68 bits per heavy atom. The molecule has 0 aliphatic heterocycles. The lowest BCUT2D eigenvalue weighted by molar-refractivity contribution is 0.204. The second-order valence-electron chi connectivity index (χ2n) is 4.54. The first-order valence-electron chi connectivity index (χ1n) is 7.00. The minimum atomic E-state index is 0.357. The third-order valence-corrected chi connectivity index (χ3v) is 2.98. The topological polar surface area (TPSA) is 62.1 Å². The lowest BCUT2D eigenvalue weighted by atomic mass is 10.2. The average molecular weight is 296 g/mol. The number of ether oxygens (including phenoxy) is 2. The Kier molecular flexibility index (Phi) is 4.61. The van der Waals surface area contributed by atoms with Crippen LogP contribution in [-0.2, 0) is 6.54 Å². The molecular weight excluding hydrogens is 280 g/mol. The zero-order chi connectivity index (χ0) is 15.0. The molecule has 0 radical (unpaired) electrons. The van der Waals surface area contributed by atoms with Gasteiger partial charge in [0.05, 0.1) is 6.54 Å². The molecule has 0 aliphatic carbocycles. The molecule has 0 amide bonds. The molecule has 2 heterocycles. The van der Waals surface area contributed by atoms with Gasteiger partial charge in [-0.2, -0.15) is 5.10 Å². The van der Waals surface area contributed by atoms with Crippen LogP contribution in [0.25, 0.3) is 0 Å². The second kappa shape index (κ2) is 7.21. The van der Waals surface area contributed by atoms with Gasteiger partial charge in [-0.05, 0) is 18.2 Å². The van der Waals surface area contributed by atoms with E-state index < -0.39 is 0 Å². The Hall–Kier alpha value is -2.89. The number of para-hydroxylation sites is 1. The maximum Gasteiger partial charge on any atom is 0.316 e. The molecule has 0 saturated heterocycles. The third kappa shape index (κ3) is 3.82. The van der Waals surface area contributed by atoms with Gasteiger partial charge in [0.2, 0.25) is 0 Å². The number of aromatic nitrogens is 4. The highest BCUT2D eigenvalue weighted by Crippen LogP contribution is 2.18. The van der Waals surface area contributed by atoms with Crippen LogP contribution in [0.4, 0.5) is 0 Å². The Labute approximate surface area is 128 Å². The lowest BCUT2D eigenvalue weighted by Crippen LogP contribution is -2.12. The van der Waals surface area contributed by atoms with Crippen LogP contribution in [-0.4, -0.2) is 33.0 Å². The summed E-state index contributed by atoms with van der Waals surface area (Å²) >= 11 is 0. The molecule has 3 aromatic rings. The molecule has 0 unspecified atom stereocenters. The Morgan fingerprint density at radius 1 is 0.864 bits per heavy atom. The highest BCUT2D eigenvalue weighted by atomic mass is 16.5. The van der Waals surface area contributed by atoms with Crippen molar-refractivity contribution >= 4 is 0 Å². The number of hydrogen-bond acceptors (Lipinski definition) is 5. The second-order valence-corrected chi connectivity index (χ2v) is 4.54. The normalized spacial score (nSPS) is 10.4. The van der Waals surface area contributed by atoms with Crippen LogP contribution >= 0.6 is 0 Å². The maximum atomic E-state index is 5.79. The molecule has 2 aromatic heterocycles. The molecule has 0 bridgehead atoms. The van der Waals surface area contributed by atoms with E-state index in [9.17, 15) is 0 Å². The molecule has 0 saturated carbocycles. The molecule has 112 valence electrons. The first kappa shape index (κ1) is 14.1. The van der Waals surface area contributed by atoms with Crippen molar-refractivity contribution in [2.24, 2.45) is 0 Å². The highest BCUT2D eigenvalue weighted by molar-refractivity contribution is 5.33. The molecular formula is C16H16N4O2. The number of hydrogen-bond donors (Lipinski definition) is 0. The molecule has 0 spiro atoms. The van der Waals surface area contributed by atoms with Gasteiger partial charge in [0.1, 0.15) is 19.0 Å². The summed E-state index contributed by atoms with van der Waals surface area (Å²) in [7, 11) is 0. The summed E-state index contributed by atoms with van der Waals surface area (Å²) in [5, 5.41) is 4.21. The zero-order valence-corrected chi connectivity index (χ0v) is 12.0. The van der Waals surface area contributed by atoms with Crippen molar-refractivity contribution in [2.45, 2.75) is 6.54 Å². The highest BCUT2D eigenvalue weighted by Gasteiger charge is 2.04. The molecule has 3 rings (SSSR count). The van der Waals surface area contributed by atoms with Crippen molar-refractivity contribution < 1.29 is 9.47 Å². The zero-order valence-electron chi connectivity index (χ0n) is 12.0. The maximum absolute atomic E-state index is 5.79. The van der Waals surface area contributed by atoms with Crippen LogP contribution in [0.3, 0.4) is 0 Å². The molecule has 1 aromatic carbocycles. The predicted octanol–water partition coefficient (Wildman–Crippen LogP) is 2.18. The van der Waals surface area contributed by atoms with Crippen LogP contribution in [0.5, 0.6) is 11.8 Å². The predicted molar refractivity (Wildman–Crippen MR) is 80.8 cm³/mol. The van der Waals surface area contributed by atoms with E-state index >= 15 is 0 Å². The fraction of sp³-hybridized carbons (Fsp3) is 0.188. The fourth-order valence-electron chi connectivity index (χ4n) is 1.99. The summed E-state index contributed by atoms with van der Waals surface area (Å²) in [6.07, 6.45) is 6.97. The first-order valence-corrected chi connectivity index (χ1v) is 7.00. The minimum absolute atomic E-state index is 0.357. The van der Waals surface area contributed by atoms with E-state index in [2.05, 4.69) is 15.1 Å². The van der Waals surface area contributed by atoms with Crippen molar-refractivity contribution in [1.82, 2.24) is 19.7 Å². The van der Waals surface area contributed by atoms with Crippen molar-refractivity contribution in [3.63, 3.8) is 0 Å². The van der Waals surface area contributed by atoms with E-state index in [1.807, 2.05) is 41.2 Å². The van der Waals surface area contributed by atoms with Gasteiger partial charge >= 0.3 is 6.01 Å². The van der Waals surface area contributed by atoms with Gasteiger partial charge in [0.15, 0.2) is 0 Å². The molecule has 6 heteroatoms. The molecule has 0 N–H and O–H groups in total. The van der Waals surface area contributed by atoms with Crippen LogP contribution < -0.4 is 9.47 Å². The standard InChI is InChI=1S/C16H16N4O2/c1-2-6-15(14(5-1)13-20-10-4-9-19-20)21-11-12-22-16-17-7-3-8-18-16/h1-10H,11-13H2. The number of benzene rings is 1. The van der Waals surface area contributed by atoms with E-state index in [1.165, 1.54) is 0 Å². The van der Waals surface area contributed by atoms with Gasteiger partial charge in [-0.1, -0.05) is 18.2 Å². The van der Waals surface area contributed by atoms with Crippen molar-refractivity contribution in [2.75, 3.05) is 13.2 Å². The number of rotatable bonds is 7. The Bertz CT molecular complexity index is 686. The van der Waals surface area contributed by atoms with E-state index in [1.54, 1.807) is 24.7 Å². The van der Waals surface area contributed by atoms with E-state index in [-0.39, 0.29) is 0 Å². The molecule has 0 atom stereocenters. The summed E-state index contributed by atoms with van der Waals surface area (Å²) in [5.74, 6) is 0.829. The van der Waals surface area contributed by atoms with Crippen LogP contribution in [0.1, 0.15) is 5.56 Å². The van der Waals surface area contributed by atoms with Crippen molar-refractivity contribution in [3.8, 4) is 11.8 Å². The third-order valence-electron chi connectivity index (χ3n) is 2.98. The van der Waals surface area contributed by atoms with Crippen LogP contribution in [0.15, 0.2) is 61.2 Å². The van der Waals surface area contributed by atoms with Crippen molar-refractivity contribution in [3.05, 3.63) is 66.7 Å². The van der Waals surface area contributed by atoms with Gasteiger partial charge in [-0.15, -0.1) is 0 Å².